The minimum absolute atomic E-state index is 0.0697. The molecule has 214 valence electrons. The van der Waals surface area contributed by atoms with E-state index in [4.69, 9.17) is 46.4 Å². The maximum Gasteiger partial charge on any atom is 0.244 e. The number of hydrogen-bond acceptors (Lipinski definition) is 4. The number of anilines is 1. The smallest absolute Gasteiger partial charge is 0.244 e. The molecule has 1 N–H and O–H groups in total. The number of halogens is 4. The van der Waals surface area contributed by atoms with Crippen LogP contribution in [-0.4, -0.2) is 50.5 Å². The number of amides is 2. The highest BCUT2D eigenvalue weighted by Gasteiger charge is 2.33. The topological polar surface area (TPSA) is 86.8 Å². The molecule has 0 saturated heterocycles. The zero-order chi connectivity index (χ0) is 29.4. The Hall–Kier alpha value is -2.49. The van der Waals surface area contributed by atoms with Gasteiger partial charge in [0.15, 0.2) is 0 Å². The molecule has 40 heavy (non-hydrogen) atoms. The van der Waals surface area contributed by atoms with E-state index in [1.54, 1.807) is 18.2 Å². The first-order chi connectivity index (χ1) is 18.9. The fourth-order valence-corrected chi connectivity index (χ4v) is 5.87. The summed E-state index contributed by atoms with van der Waals surface area (Å²) in [7, 11) is -3.96. The molecule has 12 heteroatoms. The molecule has 7 nitrogen and oxygen atoms in total. The average molecular weight is 645 g/mol. The van der Waals surface area contributed by atoms with Gasteiger partial charge in [-0.05, 0) is 47.9 Å². The molecule has 0 aromatic heterocycles. The summed E-state index contributed by atoms with van der Waals surface area (Å²) in [5.74, 6) is -0.999. The molecule has 0 fully saturated rings. The number of carbonyl (C=O) groups excluding carboxylic acids is 2. The van der Waals surface area contributed by atoms with Crippen LogP contribution in [-0.2, 0) is 32.6 Å². The maximum absolute atomic E-state index is 14.0. The van der Waals surface area contributed by atoms with Crippen molar-refractivity contribution in [2.24, 2.45) is 0 Å². The molecule has 0 radical (unpaired) electrons. The van der Waals surface area contributed by atoms with Crippen LogP contribution in [0.25, 0.3) is 0 Å². The molecular weight excluding hydrogens is 616 g/mol. The first-order valence-electron chi connectivity index (χ1n) is 12.4. The van der Waals surface area contributed by atoms with Crippen molar-refractivity contribution < 1.29 is 18.0 Å². The lowest BCUT2D eigenvalue weighted by Crippen LogP contribution is -2.53. The summed E-state index contributed by atoms with van der Waals surface area (Å²) in [6.07, 6.45) is 1.86. The SMILES string of the molecule is CCCNC(=O)[C@@H](Cc1ccccc1)N(Cc1ccc(Cl)cc1Cl)C(=O)CN(c1cc(Cl)cc(Cl)c1)S(C)(=O)=O. The van der Waals surface area contributed by atoms with E-state index in [-0.39, 0.29) is 34.6 Å². The van der Waals surface area contributed by atoms with Crippen LogP contribution in [0.4, 0.5) is 5.69 Å². The lowest BCUT2D eigenvalue weighted by atomic mass is 10.0. The highest BCUT2D eigenvalue weighted by molar-refractivity contribution is 7.92. The Balaban J connectivity index is 2.09. The van der Waals surface area contributed by atoms with Gasteiger partial charge in [-0.3, -0.25) is 13.9 Å². The van der Waals surface area contributed by atoms with E-state index in [2.05, 4.69) is 5.32 Å². The van der Waals surface area contributed by atoms with E-state index in [0.29, 0.717) is 28.6 Å². The van der Waals surface area contributed by atoms with Gasteiger partial charge < -0.3 is 10.2 Å². The van der Waals surface area contributed by atoms with E-state index < -0.39 is 28.5 Å². The van der Waals surface area contributed by atoms with E-state index in [0.717, 1.165) is 16.1 Å². The second-order valence-corrected chi connectivity index (χ2v) is 12.8. The summed E-state index contributed by atoms with van der Waals surface area (Å²) in [5.41, 5.74) is 1.48. The lowest BCUT2D eigenvalue weighted by Gasteiger charge is -2.33. The fraction of sp³-hybridized carbons (Fsp3) is 0.286. The van der Waals surface area contributed by atoms with Gasteiger partial charge in [-0.2, -0.15) is 0 Å². The van der Waals surface area contributed by atoms with Crippen LogP contribution < -0.4 is 9.62 Å². The highest BCUT2D eigenvalue weighted by Crippen LogP contribution is 2.28. The number of benzene rings is 3. The Bertz CT molecular complexity index is 1430. The van der Waals surface area contributed by atoms with E-state index >= 15 is 0 Å². The van der Waals surface area contributed by atoms with E-state index in [1.165, 1.54) is 23.1 Å². The Morgan fingerprint density at radius 2 is 1.55 bits per heavy atom. The summed E-state index contributed by atoms with van der Waals surface area (Å²) in [6.45, 7) is 1.65. The van der Waals surface area contributed by atoms with Crippen molar-refractivity contribution in [2.45, 2.75) is 32.4 Å². The van der Waals surface area contributed by atoms with Gasteiger partial charge in [0.25, 0.3) is 0 Å². The zero-order valence-electron chi connectivity index (χ0n) is 21.9. The normalized spacial score (nSPS) is 12.1. The Kier molecular flexibility index (Phi) is 11.5. The van der Waals surface area contributed by atoms with Gasteiger partial charge in [-0.15, -0.1) is 0 Å². The molecule has 0 bridgehead atoms. The van der Waals surface area contributed by atoms with Gasteiger partial charge in [-0.1, -0.05) is 89.7 Å². The predicted molar refractivity (Wildman–Crippen MR) is 163 cm³/mol. The van der Waals surface area contributed by atoms with Crippen molar-refractivity contribution >= 4 is 73.9 Å². The van der Waals surface area contributed by atoms with Crippen molar-refractivity contribution in [3.05, 3.63) is 97.9 Å². The third-order valence-electron chi connectivity index (χ3n) is 5.99. The van der Waals surface area contributed by atoms with Crippen LogP contribution in [0.2, 0.25) is 20.1 Å². The minimum atomic E-state index is -3.96. The molecule has 0 spiro atoms. The number of nitrogens with zero attached hydrogens (tertiary/aromatic N) is 2. The summed E-state index contributed by atoms with van der Waals surface area (Å²) < 4.78 is 26.6. The van der Waals surface area contributed by atoms with Gasteiger partial charge >= 0.3 is 0 Å². The molecule has 0 aliphatic heterocycles. The van der Waals surface area contributed by atoms with Crippen molar-refractivity contribution in [3.8, 4) is 0 Å². The van der Waals surface area contributed by atoms with Gasteiger partial charge in [0.2, 0.25) is 21.8 Å². The number of sulfonamides is 1. The second kappa shape index (κ2) is 14.4. The molecule has 0 unspecified atom stereocenters. The largest absolute Gasteiger partial charge is 0.354 e. The van der Waals surface area contributed by atoms with E-state index in [9.17, 15) is 18.0 Å². The van der Waals surface area contributed by atoms with Crippen molar-refractivity contribution in [2.75, 3.05) is 23.7 Å². The summed E-state index contributed by atoms with van der Waals surface area (Å²) in [4.78, 5) is 28.9. The molecular formula is C28H29Cl4N3O4S. The molecule has 2 amide bonds. The van der Waals surface area contributed by atoms with Gasteiger partial charge in [-0.25, -0.2) is 8.42 Å². The monoisotopic (exact) mass is 643 g/mol. The van der Waals surface area contributed by atoms with Gasteiger partial charge in [0.1, 0.15) is 12.6 Å². The molecule has 0 aliphatic carbocycles. The Labute approximate surface area is 255 Å². The fourth-order valence-electron chi connectivity index (χ4n) is 4.05. The van der Waals surface area contributed by atoms with Crippen LogP contribution in [0.15, 0.2) is 66.7 Å². The van der Waals surface area contributed by atoms with Crippen molar-refractivity contribution in [3.63, 3.8) is 0 Å². The van der Waals surface area contributed by atoms with E-state index in [1.807, 2.05) is 37.3 Å². The number of nitrogens with one attached hydrogen (secondary N) is 1. The van der Waals surface area contributed by atoms with Crippen LogP contribution in [0.1, 0.15) is 24.5 Å². The maximum atomic E-state index is 14.0. The molecule has 3 rings (SSSR count). The first kappa shape index (κ1) is 32.0. The minimum Gasteiger partial charge on any atom is -0.354 e. The van der Waals surface area contributed by atoms with Crippen molar-refractivity contribution in [1.82, 2.24) is 10.2 Å². The molecule has 0 aliphatic rings. The number of carbonyl (C=O) groups is 2. The number of hydrogen-bond donors (Lipinski definition) is 1. The second-order valence-electron chi connectivity index (χ2n) is 9.15. The molecule has 0 heterocycles. The average Bonchev–Trinajstić information content (AvgIpc) is 2.88. The van der Waals surface area contributed by atoms with Crippen molar-refractivity contribution in [1.29, 1.82) is 0 Å². The van der Waals surface area contributed by atoms with Crippen LogP contribution in [0.3, 0.4) is 0 Å². The molecule has 1 atom stereocenters. The summed E-state index contributed by atoms with van der Waals surface area (Å²) in [6, 6.07) is 17.4. The lowest BCUT2D eigenvalue weighted by molar-refractivity contribution is -0.140. The van der Waals surface area contributed by atoms with Gasteiger partial charge in [0, 0.05) is 39.6 Å². The quantitative estimate of drug-likeness (QED) is 0.253. The Morgan fingerprint density at radius 3 is 2.12 bits per heavy atom. The zero-order valence-corrected chi connectivity index (χ0v) is 25.8. The van der Waals surface area contributed by atoms with Gasteiger partial charge in [0.05, 0.1) is 11.9 Å². The van der Waals surface area contributed by atoms with Crippen LogP contribution >= 0.6 is 46.4 Å². The Morgan fingerprint density at radius 1 is 0.900 bits per heavy atom. The summed E-state index contributed by atoms with van der Waals surface area (Å²) >= 11 is 24.8. The molecule has 3 aromatic rings. The van der Waals surface area contributed by atoms with Crippen LogP contribution in [0, 0.1) is 0 Å². The highest BCUT2D eigenvalue weighted by atomic mass is 35.5. The third kappa shape index (κ3) is 9.01. The summed E-state index contributed by atoms with van der Waals surface area (Å²) in [5, 5.41) is 4.00. The molecule has 3 aromatic carbocycles. The number of rotatable bonds is 12. The standard InChI is InChI=1S/C28H29Cl4N3O4S/c1-3-11-33-28(37)26(12-19-7-5-4-6-8-19)34(17-20-9-10-21(29)16-25(20)32)27(36)18-35(40(2,38)39)24-14-22(30)13-23(31)15-24/h4-10,13-16,26H,3,11-12,17-18H2,1-2H3,(H,33,37)/t26-/m1/s1. The molecule has 0 saturated carbocycles. The first-order valence-corrected chi connectivity index (χ1v) is 15.7. The predicted octanol–water partition coefficient (Wildman–Crippen LogP) is 6.23. The van der Waals surface area contributed by atoms with Crippen LogP contribution in [0.5, 0.6) is 0 Å². The third-order valence-corrected chi connectivity index (χ3v) is 8.15.